The van der Waals surface area contributed by atoms with Gasteiger partial charge in [0.25, 0.3) is 5.91 Å². The summed E-state index contributed by atoms with van der Waals surface area (Å²) >= 11 is 0. The molecular formula is C16H20FNO3. The van der Waals surface area contributed by atoms with E-state index < -0.39 is 11.8 Å². The number of nitrogens with one attached hydrogen (secondary N) is 1. The number of halogens is 1. The van der Waals surface area contributed by atoms with Crippen LogP contribution in [0.5, 0.6) is 0 Å². The largest absolute Gasteiger partial charge is 0.455 e. The van der Waals surface area contributed by atoms with Gasteiger partial charge in [0.15, 0.2) is 6.61 Å². The Morgan fingerprint density at radius 3 is 2.71 bits per heavy atom. The predicted molar refractivity (Wildman–Crippen MR) is 76.1 cm³/mol. The van der Waals surface area contributed by atoms with Gasteiger partial charge in [-0.3, -0.25) is 9.59 Å². The number of benzene rings is 1. The molecule has 4 nitrogen and oxygen atoms in total. The highest BCUT2D eigenvalue weighted by Crippen LogP contribution is 2.17. The van der Waals surface area contributed by atoms with Crippen LogP contribution in [-0.2, 0) is 20.7 Å². The fourth-order valence-corrected chi connectivity index (χ4v) is 2.53. The molecule has 1 aliphatic rings. The normalized spacial score (nSPS) is 15.5. The van der Waals surface area contributed by atoms with E-state index in [0.717, 1.165) is 25.7 Å². The molecule has 21 heavy (non-hydrogen) atoms. The topological polar surface area (TPSA) is 55.4 Å². The molecule has 0 aliphatic heterocycles. The van der Waals surface area contributed by atoms with E-state index >= 15 is 0 Å². The third-order valence-electron chi connectivity index (χ3n) is 3.57. The summed E-state index contributed by atoms with van der Waals surface area (Å²) in [6.07, 6.45) is 5.42. The Kier molecular flexibility index (Phi) is 5.72. The molecule has 0 atom stereocenters. The van der Waals surface area contributed by atoms with Crippen molar-refractivity contribution in [1.82, 2.24) is 5.32 Å². The van der Waals surface area contributed by atoms with Gasteiger partial charge < -0.3 is 10.1 Å². The summed E-state index contributed by atoms with van der Waals surface area (Å²) in [4.78, 5) is 23.3. The molecule has 0 spiro atoms. The van der Waals surface area contributed by atoms with Gasteiger partial charge in [-0.05, 0) is 30.5 Å². The molecule has 1 N–H and O–H groups in total. The SMILES string of the molecule is O=C(COC(=O)Cc1cccc(F)c1)NC1CCCCC1. The number of esters is 1. The van der Waals surface area contributed by atoms with Crippen LogP contribution in [0.2, 0.25) is 0 Å². The monoisotopic (exact) mass is 293 g/mol. The molecule has 0 saturated heterocycles. The minimum absolute atomic E-state index is 0.0333. The van der Waals surface area contributed by atoms with Crippen LogP contribution >= 0.6 is 0 Å². The van der Waals surface area contributed by atoms with Crippen LogP contribution in [-0.4, -0.2) is 24.5 Å². The fourth-order valence-electron chi connectivity index (χ4n) is 2.53. The molecule has 1 amide bonds. The zero-order valence-electron chi connectivity index (χ0n) is 11.9. The molecule has 0 bridgehead atoms. The number of carbonyl (C=O) groups is 2. The highest BCUT2D eigenvalue weighted by atomic mass is 19.1. The summed E-state index contributed by atoms with van der Waals surface area (Å²) in [6.45, 7) is -0.273. The van der Waals surface area contributed by atoms with E-state index in [4.69, 9.17) is 4.74 Å². The number of hydrogen-bond acceptors (Lipinski definition) is 3. The maximum atomic E-state index is 13.0. The van der Waals surface area contributed by atoms with Crippen LogP contribution < -0.4 is 5.32 Å². The Hall–Kier alpha value is -1.91. The van der Waals surface area contributed by atoms with Gasteiger partial charge in [0.1, 0.15) is 5.82 Å². The van der Waals surface area contributed by atoms with Crippen molar-refractivity contribution in [2.75, 3.05) is 6.61 Å². The van der Waals surface area contributed by atoms with Gasteiger partial charge in [0, 0.05) is 6.04 Å². The Morgan fingerprint density at radius 1 is 1.24 bits per heavy atom. The second kappa shape index (κ2) is 7.76. The lowest BCUT2D eigenvalue weighted by molar-refractivity contribution is -0.148. The predicted octanol–water partition coefficient (Wildman–Crippen LogP) is 2.36. The van der Waals surface area contributed by atoms with Gasteiger partial charge in [0.2, 0.25) is 0 Å². The molecule has 1 aromatic carbocycles. The smallest absolute Gasteiger partial charge is 0.310 e. The Balaban J connectivity index is 1.69. The van der Waals surface area contributed by atoms with Gasteiger partial charge in [-0.2, -0.15) is 0 Å². The summed E-state index contributed by atoms with van der Waals surface area (Å²) in [5.74, 6) is -1.19. The number of hydrogen-bond donors (Lipinski definition) is 1. The second-order valence-corrected chi connectivity index (χ2v) is 5.37. The Bertz CT molecular complexity index is 498. The summed E-state index contributed by atoms with van der Waals surface area (Å²) < 4.78 is 17.9. The highest BCUT2D eigenvalue weighted by Gasteiger charge is 2.16. The first-order valence-corrected chi connectivity index (χ1v) is 7.33. The lowest BCUT2D eigenvalue weighted by Gasteiger charge is -2.22. The average Bonchev–Trinajstić information content (AvgIpc) is 2.46. The lowest BCUT2D eigenvalue weighted by atomic mass is 9.95. The van der Waals surface area contributed by atoms with Crippen molar-refractivity contribution in [1.29, 1.82) is 0 Å². The molecule has 1 aromatic rings. The van der Waals surface area contributed by atoms with Gasteiger partial charge in [-0.25, -0.2) is 4.39 Å². The molecule has 5 heteroatoms. The third-order valence-corrected chi connectivity index (χ3v) is 3.57. The van der Waals surface area contributed by atoms with E-state index in [1.165, 1.54) is 24.6 Å². The molecule has 1 saturated carbocycles. The third kappa shape index (κ3) is 5.53. The van der Waals surface area contributed by atoms with Crippen LogP contribution in [0.15, 0.2) is 24.3 Å². The molecule has 114 valence electrons. The van der Waals surface area contributed by atoms with Crippen molar-refractivity contribution in [2.24, 2.45) is 0 Å². The summed E-state index contributed by atoms with van der Waals surface area (Å²) in [5.41, 5.74) is 0.535. The van der Waals surface area contributed by atoms with Gasteiger partial charge in [-0.15, -0.1) is 0 Å². The van der Waals surface area contributed by atoms with Crippen LogP contribution in [0.1, 0.15) is 37.7 Å². The zero-order chi connectivity index (χ0) is 15.1. The van der Waals surface area contributed by atoms with Crippen LogP contribution in [0, 0.1) is 5.82 Å². The van der Waals surface area contributed by atoms with E-state index in [1.54, 1.807) is 6.07 Å². The molecule has 0 unspecified atom stereocenters. The molecular weight excluding hydrogens is 273 g/mol. The summed E-state index contributed by atoms with van der Waals surface area (Å²) in [7, 11) is 0. The maximum absolute atomic E-state index is 13.0. The number of carbonyl (C=O) groups excluding carboxylic acids is 2. The van der Waals surface area contributed by atoms with E-state index in [2.05, 4.69) is 5.32 Å². The molecule has 1 aliphatic carbocycles. The maximum Gasteiger partial charge on any atom is 0.310 e. The minimum atomic E-state index is -0.528. The van der Waals surface area contributed by atoms with Crippen molar-refractivity contribution in [3.8, 4) is 0 Å². The van der Waals surface area contributed by atoms with Crippen molar-refractivity contribution in [3.05, 3.63) is 35.6 Å². The zero-order valence-corrected chi connectivity index (χ0v) is 11.9. The Morgan fingerprint density at radius 2 is 2.00 bits per heavy atom. The van der Waals surface area contributed by atoms with Crippen LogP contribution in [0.25, 0.3) is 0 Å². The first kappa shape index (κ1) is 15.5. The summed E-state index contributed by atoms with van der Waals surface area (Å²) in [6, 6.07) is 5.98. The molecule has 0 heterocycles. The highest BCUT2D eigenvalue weighted by molar-refractivity contribution is 5.81. The van der Waals surface area contributed by atoms with E-state index in [1.807, 2.05) is 0 Å². The standard InChI is InChI=1S/C16H20FNO3/c17-13-6-4-5-12(9-13)10-16(20)21-11-15(19)18-14-7-2-1-3-8-14/h4-6,9,14H,1-3,7-8,10-11H2,(H,18,19). The van der Waals surface area contributed by atoms with Crippen molar-refractivity contribution in [3.63, 3.8) is 0 Å². The van der Waals surface area contributed by atoms with E-state index in [0.29, 0.717) is 5.56 Å². The van der Waals surface area contributed by atoms with Gasteiger partial charge >= 0.3 is 5.97 Å². The number of ether oxygens (including phenoxy) is 1. The fraction of sp³-hybridized carbons (Fsp3) is 0.500. The quantitative estimate of drug-likeness (QED) is 0.848. The lowest BCUT2D eigenvalue weighted by Crippen LogP contribution is -2.38. The first-order chi connectivity index (χ1) is 10.1. The second-order valence-electron chi connectivity index (χ2n) is 5.37. The van der Waals surface area contributed by atoms with Crippen molar-refractivity contribution in [2.45, 2.75) is 44.6 Å². The minimum Gasteiger partial charge on any atom is -0.455 e. The van der Waals surface area contributed by atoms with Crippen LogP contribution in [0.4, 0.5) is 4.39 Å². The molecule has 1 fully saturated rings. The van der Waals surface area contributed by atoms with Gasteiger partial charge in [0.05, 0.1) is 6.42 Å². The Labute approximate surface area is 123 Å². The number of amides is 1. The molecule has 0 radical (unpaired) electrons. The number of rotatable bonds is 5. The summed E-state index contributed by atoms with van der Waals surface area (Å²) in [5, 5.41) is 2.87. The first-order valence-electron chi connectivity index (χ1n) is 7.33. The van der Waals surface area contributed by atoms with Crippen LogP contribution in [0.3, 0.4) is 0 Å². The average molecular weight is 293 g/mol. The van der Waals surface area contributed by atoms with E-state index in [-0.39, 0.29) is 25.0 Å². The van der Waals surface area contributed by atoms with Crippen molar-refractivity contribution < 1.29 is 18.7 Å². The van der Waals surface area contributed by atoms with Gasteiger partial charge in [-0.1, -0.05) is 31.4 Å². The molecule has 2 rings (SSSR count). The molecule has 0 aromatic heterocycles. The van der Waals surface area contributed by atoms with Crippen molar-refractivity contribution >= 4 is 11.9 Å². The van der Waals surface area contributed by atoms with E-state index in [9.17, 15) is 14.0 Å².